The Hall–Kier alpha value is -2.00. The number of sulfonamides is 1. The van der Waals surface area contributed by atoms with Crippen LogP contribution in [-0.4, -0.2) is 52.6 Å². The molecule has 0 aromatic carbocycles. The van der Waals surface area contributed by atoms with Crippen molar-refractivity contribution in [3.63, 3.8) is 0 Å². The summed E-state index contributed by atoms with van der Waals surface area (Å²) in [5.74, 6) is 1.58. The Labute approximate surface area is 179 Å². The van der Waals surface area contributed by atoms with Crippen LogP contribution in [0.1, 0.15) is 67.8 Å². The van der Waals surface area contributed by atoms with E-state index < -0.39 is 10.0 Å². The summed E-state index contributed by atoms with van der Waals surface area (Å²) in [7, 11) is -1.63. The second kappa shape index (κ2) is 8.26. The van der Waals surface area contributed by atoms with Gasteiger partial charge in [-0.05, 0) is 46.0 Å². The molecule has 2 aliphatic rings. The first-order chi connectivity index (χ1) is 14.3. The molecule has 0 spiro atoms. The number of rotatable bonds is 5. The van der Waals surface area contributed by atoms with Gasteiger partial charge < -0.3 is 4.90 Å². The molecular weight excluding hydrogens is 400 g/mol. The quantitative estimate of drug-likeness (QED) is 0.722. The predicted octanol–water partition coefficient (Wildman–Crippen LogP) is 3.00. The molecule has 2 aromatic heterocycles. The van der Waals surface area contributed by atoms with Crippen molar-refractivity contribution in [1.29, 1.82) is 0 Å². The number of aryl methyl sites for hydroxylation is 3. The highest BCUT2D eigenvalue weighted by molar-refractivity contribution is 7.89. The van der Waals surface area contributed by atoms with Crippen molar-refractivity contribution in [3.8, 4) is 0 Å². The molecular formula is C21H32N6O2S. The molecule has 0 unspecified atom stereocenters. The third-order valence-electron chi connectivity index (χ3n) is 6.18. The van der Waals surface area contributed by atoms with E-state index in [0.717, 1.165) is 56.6 Å². The summed E-state index contributed by atoms with van der Waals surface area (Å²) in [5, 5.41) is 4.41. The number of anilines is 1. The van der Waals surface area contributed by atoms with Crippen LogP contribution in [0, 0.1) is 13.8 Å². The lowest BCUT2D eigenvalue weighted by Crippen LogP contribution is -2.40. The summed E-state index contributed by atoms with van der Waals surface area (Å²) in [6.45, 7) is 8.00. The summed E-state index contributed by atoms with van der Waals surface area (Å²) in [6.07, 6.45) is 7.21. The van der Waals surface area contributed by atoms with Gasteiger partial charge in [-0.25, -0.2) is 18.4 Å². The van der Waals surface area contributed by atoms with E-state index in [1.165, 1.54) is 5.56 Å². The zero-order chi connectivity index (χ0) is 21.5. The maximum Gasteiger partial charge on any atom is 0.247 e. The van der Waals surface area contributed by atoms with Crippen LogP contribution in [-0.2, 0) is 23.0 Å². The number of piperidine rings is 1. The van der Waals surface area contributed by atoms with Crippen molar-refractivity contribution in [3.05, 3.63) is 29.0 Å². The minimum atomic E-state index is -3.68. The number of nitrogens with zero attached hydrogens (tertiary/aromatic N) is 6. The van der Waals surface area contributed by atoms with Crippen LogP contribution in [0.15, 0.2) is 11.1 Å². The Balaban J connectivity index is 1.74. The Morgan fingerprint density at radius 1 is 1.10 bits per heavy atom. The molecule has 0 bridgehead atoms. The fourth-order valence-electron chi connectivity index (χ4n) is 4.63. The normalized spacial score (nSPS) is 20.4. The van der Waals surface area contributed by atoms with Gasteiger partial charge in [-0.1, -0.05) is 13.3 Å². The molecule has 0 aliphatic carbocycles. The van der Waals surface area contributed by atoms with Gasteiger partial charge in [0, 0.05) is 44.1 Å². The Kier molecular flexibility index (Phi) is 5.85. The highest BCUT2D eigenvalue weighted by Crippen LogP contribution is 2.36. The van der Waals surface area contributed by atoms with Crippen molar-refractivity contribution in [1.82, 2.24) is 24.1 Å². The maximum atomic E-state index is 13.7. The van der Waals surface area contributed by atoms with E-state index in [2.05, 4.69) is 24.0 Å². The van der Waals surface area contributed by atoms with Crippen LogP contribution in [0.2, 0.25) is 0 Å². The molecule has 0 radical (unpaired) electrons. The van der Waals surface area contributed by atoms with Crippen LogP contribution >= 0.6 is 0 Å². The molecule has 9 heteroatoms. The van der Waals surface area contributed by atoms with Gasteiger partial charge in [-0.2, -0.15) is 9.40 Å². The third-order valence-corrected chi connectivity index (χ3v) is 8.19. The monoisotopic (exact) mass is 432 g/mol. The molecule has 0 saturated carbocycles. The Bertz CT molecular complexity index is 1030. The zero-order valence-corrected chi connectivity index (χ0v) is 19.2. The first-order valence-corrected chi connectivity index (χ1v) is 12.4. The first-order valence-electron chi connectivity index (χ1n) is 11.0. The molecule has 1 saturated heterocycles. The second-order valence-electron chi connectivity index (χ2n) is 8.46. The number of fused-ring (bicyclic) bond motifs is 1. The first kappa shape index (κ1) is 21.2. The highest BCUT2D eigenvalue weighted by Gasteiger charge is 2.38. The second-order valence-corrected chi connectivity index (χ2v) is 10.3. The molecule has 0 N–H and O–H groups in total. The summed E-state index contributed by atoms with van der Waals surface area (Å²) in [4.78, 5) is 12.1. The van der Waals surface area contributed by atoms with Gasteiger partial charge in [0.25, 0.3) is 0 Å². The van der Waals surface area contributed by atoms with E-state index >= 15 is 0 Å². The smallest absolute Gasteiger partial charge is 0.247 e. The molecule has 30 heavy (non-hydrogen) atoms. The predicted molar refractivity (Wildman–Crippen MR) is 116 cm³/mol. The van der Waals surface area contributed by atoms with Crippen LogP contribution in [0.3, 0.4) is 0 Å². The zero-order valence-electron chi connectivity index (χ0n) is 18.4. The van der Waals surface area contributed by atoms with Crippen LogP contribution in [0.5, 0.6) is 0 Å². The van der Waals surface area contributed by atoms with Gasteiger partial charge in [-0.3, -0.25) is 4.68 Å². The standard InChI is InChI=1S/C21H32N6O2S/c1-5-11-26-14-19(16(3)24-26)30(28,29)27-13-7-6-10-18(27)20-22-15(2)17-9-8-12-25(4)21(17)23-20/h14,18H,5-13H2,1-4H3/t18-/m1/s1. The minimum absolute atomic E-state index is 0.301. The highest BCUT2D eigenvalue weighted by atomic mass is 32.2. The van der Waals surface area contributed by atoms with Crippen molar-refractivity contribution in [2.75, 3.05) is 25.0 Å². The van der Waals surface area contributed by atoms with Crippen molar-refractivity contribution < 1.29 is 8.42 Å². The maximum absolute atomic E-state index is 13.7. The van der Waals surface area contributed by atoms with Gasteiger partial charge in [0.05, 0.1) is 11.7 Å². The Morgan fingerprint density at radius 3 is 2.67 bits per heavy atom. The Morgan fingerprint density at radius 2 is 1.90 bits per heavy atom. The van der Waals surface area contributed by atoms with Crippen molar-refractivity contribution >= 4 is 15.8 Å². The molecule has 4 heterocycles. The molecule has 1 atom stereocenters. The summed E-state index contributed by atoms with van der Waals surface area (Å²) < 4.78 is 30.7. The number of hydrogen-bond acceptors (Lipinski definition) is 6. The molecule has 2 aromatic rings. The lowest BCUT2D eigenvalue weighted by molar-refractivity contribution is 0.246. The fourth-order valence-corrected chi connectivity index (χ4v) is 6.46. The lowest BCUT2D eigenvalue weighted by Gasteiger charge is -2.35. The van der Waals surface area contributed by atoms with E-state index in [1.54, 1.807) is 22.1 Å². The minimum Gasteiger partial charge on any atom is -0.359 e. The van der Waals surface area contributed by atoms with E-state index in [-0.39, 0.29) is 6.04 Å². The van der Waals surface area contributed by atoms with E-state index in [4.69, 9.17) is 9.97 Å². The van der Waals surface area contributed by atoms with Gasteiger partial charge in [0.1, 0.15) is 16.5 Å². The van der Waals surface area contributed by atoms with Gasteiger partial charge in [0.15, 0.2) is 0 Å². The van der Waals surface area contributed by atoms with Gasteiger partial charge >= 0.3 is 0 Å². The SMILES string of the molecule is CCCn1cc(S(=O)(=O)N2CCCC[C@@H]2c2nc(C)c3c(n2)N(C)CCC3)c(C)n1. The average Bonchev–Trinajstić information content (AvgIpc) is 3.10. The van der Waals surface area contributed by atoms with Crippen molar-refractivity contribution in [2.24, 2.45) is 0 Å². The van der Waals surface area contributed by atoms with E-state index in [9.17, 15) is 8.42 Å². The average molecular weight is 433 g/mol. The molecule has 164 valence electrons. The summed E-state index contributed by atoms with van der Waals surface area (Å²) in [5.41, 5.74) is 2.71. The fraction of sp³-hybridized carbons (Fsp3) is 0.667. The third kappa shape index (κ3) is 3.73. The van der Waals surface area contributed by atoms with Gasteiger partial charge in [0.2, 0.25) is 10.0 Å². The topological polar surface area (TPSA) is 84.2 Å². The molecule has 0 amide bonds. The van der Waals surface area contributed by atoms with E-state index in [0.29, 0.717) is 29.5 Å². The number of aromatic nitrogens is 4. The largest absolute Gasteiger partial charge is 0.359 e. The summed E-state index contributed by atoms with van der Waals surface area (Å²) in [6, 6.07) is -0.336. The van der Waals surface area contributed by atoms with Crippen LogP contribution in [0.25, 0.3) is 0 Å². The summed E-state index contributed by atoms with van der Waals surface area (Å²) >= 11 is 0. The van der Waals surface area contributed by atoms with Crippen LogP contribution < -0.4 is 4.90 Å². The van der Waals surface area contributed by atoms with Crippen molar-refractivity contribution in [2.45, 2.75) is 76.8 Å². The van der Waals surface area contributed by atoms with Gasteiger partial charge in [-0.15, -0.1) is 0 Å². The molecule has 2 aliphatic heterocycles. The van der Waals surface area contributed by atoms with Crippen LogP contribution in [0.4, 0.5) is 5.82 Å². The van der Waals surface area contributed by atoms with E-state index in [1.807, 2.05) is 6.92 Å². The molecule has 8 nitrogen and oxygen atoms in total. The molecule has 4 rings (SSSR count). The molecule has 1 fully saturated rings. The number of hydrogen-bond donors (Lipinski definition) is 0. The lowest BCUT2D eigenvalue weighted by atomic mass is 10.0.